The maximum absolute atomic E-state index is 13.8. The van der Waals surface area contributed by atoms with Crippen LogP contribution in [-0.2, 0) is 14.8 Å². The number of carbonyl (C=O) groups excluding carboxylic acids is 1. The molecule has 0 unspecified atom stereocenters. The number of likely N-dealkylation sites (tertiary alicyclic amines) is 1. The van der Waals surface area contributed by atoms with E-state index in [1.165, 1.54) is 18.2 Å². The summed E-state index contributed by atoms with van der Waals surface area (Å²) in [5, 5.41) is 0. The molecule has 0 aliphatic carbocycles. The molecule has 1 aliphatic rings. The lowest BCUT2D eigenvalue weighted by atomic mass is 10.0. The molecule has 1 saturated heterocycles. The van der Waals surface area contributed by atoms with Crippen molar-refractivity contribution >= 4 is 15.9 Å². The summed E-state index contributed by atoms with van der Waals surface area (Å²) in [4.78, 5) is 14.1. The van der Waals surface area contributed by atoms with E-state index in [1.807, 2.05) is 0 Å². The van der Waals surface area contributed by atoms with Crippen molar-refractivity contribution in [2.45, 2.75) is 50.5 Å². The SMILES string of the molecule is CC(C)[C@H](NS(=O)(=O)c1ccccc1F)C(=O)N1CCCCCC1. The molecule has 1 aliphatic heterocycles. The maximum atomic E-state index is 13.8. The van der Waals surface area contributed by atoms with Crippen LogP contribution in [0.5, 0.6) is 0 Å². The zero-order chi connectivity index (χ0) is 17.7. The lowest BCUT2D eigenvalue weighted by molar-refractivity contribution is -0.134. The van der Waals surface area contributed by atoms with Gasteiger partial charge in [0.05, 0.1) is 0 Å². The zero-order valence-electron chi connectivity index (χ0n) is 14.2. The van der Waals surface area contributed by atoms with Crippen molar-refractivity contribution < 1.29 is 17.6 Å². The molecule has 134 valence electrons. The van der Waals surface area contributed by atoms with Gasteiger partial charge in [0, 0.05) is 13.1 Å². The Bertz CT molecular complexity index is 668. The van der Waals surface area contributed by atoms with Crippen molar-refractivity contribution in [2.75, 3.05) is 13.1 Å². The first-order chi connectivity index (χ1) is 11.3. The summed E-state index contributed by atoms with van der Waals surface area (Å²) in [7, 11) is -4.10. The molecule has 1 aromatic rings. The van der Waals surface area contributed by atoms with Gasteiger partial charge in [-0.1, -0.05) is 38.8 Å². The Morgan fingerprint density at radius 2 is 1.71 bits per heavy atom. The molecule has 0 saturated carbocycles. The lowest BCUT2D eigenvalue weighted by Gasteiger charge is -2.28. The molecule has 0 spiro atoms. The van der Waals surface area contributed by atoms with Crippen LogP contribution in [0.2, 0.25) is 0 Å². The molecule has 2 rings (SSSR count). The van der Waals surface area contributed by atoms with Gasteiger partial charge < -0.3 is 4.90 Å². The van der Waals surface area contributed by atoms with Crippen LogP contribution in [0, 0.1) is 11.7 Å². The van der Waals surface area contributed by atoms with Crippen LogP contribution in [0.15, 0.2) is 29.2 Å². The van der Waals surface area contributed by atoms with Gasteiger partial charge in [-0.2, -0.15) is 4.72 Å². The first-order valence-corrected chi connectivity index (χ1v) is 9.87. The van der Waals surface area contributed by atoms with Gasteiger partial charge in [0.1, 0.15) is 16.8 Å². The van der Waals surface area contributed by atoms with Crippen molar-refractivity contribution in [3.8, 4) is 0 Å². The number of hydrogen-bond donors (Lipinski definition) is 1. The molecule has 0 radical (unpaired) electrons. The fraction of sp³-hybridized carbons (Fsp3) is 0.588. The van der Waals surface area contributed by atoms with E-state index in [2.05, 4.69) is 4.72 Å². The van der Waals surface area contributed by atoms with Gasteiger partial charge in [0.25, 0.3) is 0 Å². The summed E-state index contributed by atoms with van der Waals surface area (Å²) in [6, 6.07) is 4.28. The molecule has 5 nitrogen and oxygen atoms in total. The predicted octanol–water partition coefficient (Wildman–Crippen LogP) is 2.53. The van der Waals surface area contributed by atoms with Crippen LogP contribution in [0.4, 0.5) is 4.39 Å². The number of nitrogens with zero attached hydrogens (tertiary/aromatic N) is 1. The molecular formula is C17H25FN2O3S. The van der Waals surface area contributed by atoms with Crippen molar-refractivity contribution in [1.29, 1.82) is 0 Å². The lowest BCUT2D eigenvalue weighted by Crippen LogP contribution is -2.51. The molecule has 1 amide bonds. The fourth-order valence-corrected chi connectivity index (χ4v) is 4.27. The Kier molecular flexibility index (Phi) is 6.34. The van der Waals surface area contributed by atoms with Gasteiger partial charge in [0.2, 0.25) is 15.9 Å². The van der Waals surface area contributed by atoms with Crippen LogP contribution in [-0.4, -0.2) is 38.4 Å². The molecule has 1 fully saturated rings. The zero-order valence-corrected chi connectivity index (χ0v) is 15.0. The van der Waals surface area contributed by atoms with Crippen LogP contribution in [0.1, 0.15) is 39.5 Å². The first kappa shape index (κ1) is 18.9. The maximum Gasteiger partial charge on any atom is 0.244 e. The van der Waals surface area contributed by atoms with Gasteiger partial charge in [-0.15, -0.1) is 0 Å². The second-order valence-corrected chi connectivity index (χ2v) is 8.20. The van der Waals surface area contributed by atoms with Gasteiger partial charge in [-0.25, -0.2) is 12.8 Å². The number of rotatable bonds is 5. The van der Waals surface area contributed by atoms with Crippen molar-refractivity contribution in [3.63, 3.8) is 0 Å². The number of carbonyl (C=O) groups is 1. The number of benzene rings is 1. The first-order valence-electron chi connectivity index (χ1n) is 8.38. The highest BCUT2D eigenvalue weighted by Crippen LogP contribution is 2.18. The van der Waals surface area contributed by atoms with E-state index >= 15 is 0 Å². The molecule has 7 heteroatoms. The highest BCUT2D eigenvalue weighted by molar-refractivity contribution is 7.89. The molecular weight excluding hydrogens is 331 g/mol. The van der Waals surface area contributed by atoms with E-state index in [0.717, 1.165) is 31.7 Å². The van der Waals surface area contributed by atoms with Crippen LogP contribution in [0.25, 0.3) is 0 Å². The molecule has 0 bridgehead atoms. The number of amides is 1. The second kappa shape index (κ2) is 8.07. The quantitative estimate of drug-likeness (QED) is 0.882. The highest BCUT2D eigenvalue weighted by atomic mass is 32.2. The summed E-state index contributed by atoms with van der Waals surface area (Å²) >= 11 is 0. The minimum atomic E-state index is -4.10. The third-order valence-electron chi connectivity index (χ3n) is 4.26. The standard InChI is InChI=1S/C17H25FN2O3S/c1-13(2)16(17(21)20-11-7-3-4-8-12-20)19-24(22,23)15-10-6-5-9-14(15)18/h5-6,9-10,13,16,19H,3-4,7-8,11-12H2,1-2H3/t16-/m0/s1. The molecule has 1 atom stereocenters. The average molecular weight is 356 g/mol. The third-order valence-corrected chi connectivity index (χ3v) is 5.73. The normalized spacial score (nSPS) is 17.6. The van der Waals surface area contributed by atoms with Gasteiger partial charge in [-0.05, 0) is 30.9 Å². The number of hydrogen-bond acceptors (Lipinski definition) is 3. The Labute approximate surface area is 143 Å². The molecule has 0 aromatic heterocycles. The second-order valence-electron chi connectivity index (χ2n) is 6.51. The smallest absolute Gasteiger partial charge is 0.244 e. The van der Waals surface area contributed by atoms with E-state index < -0.39 is 26.8 Å². The summed E-state index contributed by atoms with van der Waals surface area (Å²) in [6.07, 6.45) is 4.02. The van der Waals surface area contributed by atoms with E-state index in [-0.39, 0.29) is 11.8 Å². The van der Waals surface area contributed by atoms with Gasteiger partial charge in [0.15, 0.2) is 0 Å². The van der Waals surface area contributed by atoms with Crippen molar-refractivity contribution in [1.82, 2.24) is 9.62 Å². The summed E-state index contributed by atoms with van der Waals surface area (Å²) in [6.45, 7) is 4.85. The summed E-state index contributed by atoms with van der Waals surface area (Å²) < 4.78 is 41.2. The van der Waals surface area contributed by atoms with E-state index in [9.17, 15) is 17.6 Å². The van der Waals surface area contributed by atoms with Crippen LogP contribution in [0.3, 0.4) is 0 Å². The topological polar surface area (TPSA) is 66.5 Å². The van der Waals surface area contributed by atoms with Crippen LogP contribution < -0.4 is 4.72 Å². The van der Waals surface area contributed by atoms with Crippen molar-refractivity contribution in [3.05, 3.63) is 30.1 Å². The number of sulfonamides is 1. The monoisotopic (exact) mass is 356 g/mol. The minimum absolute atomic E-state index is 0.230. The molecule has 1 heterocycles. The van der Waals surface area contributed by atoms with Gasteiger partial charge >= 0.3 is 0 Å². The summed E-state index contributed by atoms with van der Waals surface area (Å²) in [5.74, 6) is -1.29. The fourth-order valence-electron chi connectivity index (χ4n) is 2.85. The third kappa shape index (κ3) is 4.54. The van der Waals surface area contributed by atoms with E-state index in [0.29, 0.717) is 13.1 Å². The predicted molar refractivity (Wildman–Crippen MR) is 90.4 cm³/mol. The minimum Gasteiger partial charge on any atom is -0.341 e. The molecule has 1 aromatic carbocycles. The van der Waals surface area contributed by atoms with Crippen molar-refractivity contribution in [2.24, 2.45) is 5.92 Å². The molecule has 1 N–H and O–H groups in total. The number of halogens is 1. The molecule has 24 heavy (non-hydrogen) atoms. The highest BCUT2D eigenvalue weighted by Gasteiger charge is 2.32. The Hall–Kier alpha value is -1.47. The Balaban J connectivity index is 2.21. The van der Waals surface area contributed by atoms with E-state index in [1.54, 1.807) is 18.7 Å². The van der Waals surface area contributed by atoms with Crippen LogP contribution >= 0.6 is 0 Å². The Morgan fingerprint density at radius 3 is 2.25 bits per heavy atom. The largest absolute Gasteiger partial charge is 0.341 e. The summed E-state index contributed by atoms with van der Waals surface area (Å²) in [5.41, 5.74) is 0. The average Bonchev–Trinajstić information content (AvgIpc) is 2.81. The Morgan fingerprint density at radius 1 is 1.12 bits per heavy atom. The number of nitrogens with one attached hydrogen (secondary N) is 1. The van der Waals surface area contributed by atoms with E-state index in [4.69, 9.17) is 0 Å². The van der Waals surface area contributed by atoms with Gasteiger partial charge in [-0.3, -0.25) is 4.79 Å².